The number of hydrogen-bond donors (Lipinski definition) is 1. The molecule has 0 radical (unpaired) electrons. The topological polar surface area (TPSA) is 111 Å². The Morgan fingerprint density at radius 2 is 1.80 bits per heavy atom. The largest absolute Gasteiger partial charge is 0.497 e. The van der Waals surface area contributed by atoms with E-state index < -0.39 is 17.1 Å². The fraction of sp³-hybridized carbons (Fsp3) is 0.207. The summed E-state index contributed by atoms with van der Waals surface area (Å²) in [7, 11) is 1.55. The van der Waals surface area contributed by atoms with Gasteiger partial charge in [-0.1, -0.05) is 47.4 Å². The van der Waals surface area contributed by atoms with Gasteiger partial charge in [0.2, 0.25) is 17.7 Å². The number of methoxy groups -OCH3 is 1. The number of benzene rings is 2. The Morgan fingerprint density at radius 1 is 1.02 bits per heavy atom. The minimum atomic E-state index is -0.771. The van der Waals surface area contributed by atoms with Crippen LogP contribution in [0.4, 0.5) is 11.4 Å². The average molecular weight is 573 g/mol. The van der Waals surface area contributed by atoms with E-state index >= 15 is 0 Å². The van der Waals surface area contributed by atoms with Crippen molar-refractivity contribution in [1.82, 2.24) is 9.55 Å². The van der Waals surface area contributed by atoms with Gasteiger partial charge in [0, 0.05) is 28.9 Å². The molecule has 3 atom stereocenters. The second kappa shape index (κ2) is 10.4. The number of fused-ring (bicyclic) bond motifs is 2. The van der Waals surface area contributed by atoms with Crippen molar-refractivity contribution in [2.75, 3.05) is 17.3 Å². The summed E-state index contributed by atoms with van der Waals surface area (Å²) in [6.07, 6.45) is 3.29. The zero-order valence-electron chi connectivity index (χ0n) is 21.6. The van der Waals surface area contributed by atoms with Gasteiger partial charge in [-0.05, 0) is 54.4 Å². The maximum absolute atomic E-state index is 13.9. The van der Waals surface area contributed by atoms with Crippen LogP contribution in [0.1, 0.15) is 21.9 Å². The first-order valence-electron chi connectivity index (χ1n) is 12.5. The van der Waals surface area contributed by atoms with E-state index in [1.54, 1.807) is 55.9 Å². The summed E-state index contributed by atoms with van der Waals surface area (Å²) < 4.78 is 6.63. The molecule has 1 N–H and O–H groups in total. The molecule has 40 heavy (non-hydrogen) atoms. The van der Waals surface area contributed by atoms with E-state index in [2.05, 4.69) is 10.3 Å². The number of amides is 3. The van der Waals surface area contributed by atoms with Crippen molar-refractivity contribution >= 4 is 52.2 Å². The second-order valence-electron chi connectivity index (χ2n) is 9.52. The van der Waals surface area contributed by atoms with Crippen molar-refractivity contribution < 1.29 is 19.1 Å². The Labute approximate surface area is 237 Å². The highest BCUT2D eigenvalue weighted by Gasteiger charge is 2.56. The lowest BCUT2D eigenvalue weighted by Crippen LogP contribution is -2.33. The number of hydrogen-bond acceptors (Lipinski definition) is 8. The Hall–Kier alpha value is -4.22. The minimum Gasteiger partial charge on any atom is -0.497 e. The third-order valence-electron chi connectivity index (χ3n) is 7.14. The zero-order chi connectivity index (χ0) is 28.0. The van der Waals surface area contributed by atoms with Crippen LogP contribution in [0.3, 0.4) is 0 Å². The molecule has 11 heteroatoms. The Kier molecular flexibility index (Phi) is 6.77. The van der Waals surface area contributed by atoms with Crippen LogP contribution < -0.4 is 19.8 Å². The van der Waals surface area contributed by atoms with Crippen molar-refractivity contribution in [3.05, 3.63) is 98.7 Å². The molecule has 2 unspecified atom stereocenters. The fourth-order valence-corrected chi connectivity index (χ4v) is 7.98. The number of nitrogens with one attached hydrogen (secondary N) is 1. The number of rotatable bonds is 6. The Morgan fingerprint density at radius 3 is 2.50 bits per heavy atom. The number of anilines is 2. The molecular weight excluding hydrogens is 548 g/mol. The minimum absolute atomic E-state index is 0.215. The summed E-state index contributed by atoms with van der Waals surface area (Å²) in [5.41, 5.74) is 2.75. The van der Waals surface area contributed by atoms with Crippen LogP contribution in [0.5, 0.6) is 5.75 Å². The van der Waals surface area contributed by atoms with Crippen molar-refractivity contribution in [2.45, 2.75) is 29.7 Å². The quantitative estimate of drug-likeness (QED) is 0.347. The molecule has 0 bridgehead atoms. The molecule has 0 spiro atoms. The van der Waals surface area contributed by atoms with E-state index in [0.29, 0.717) is 27.0 Å². The second-order valence-corrected chi connectivity index (χ2v) is 11.6. The molecular formula is C29H24N4O5S2. The highest BCUT2D eigenvalue weighted by atomic mass is 32.2. The molecule has 2 aromatic heterocycles. The van der Waals surface area contributed by atoms with Crippen LogP contribution in [0, 0.1) is 12.8 Å². The van der Waals surface area contributed by atoms with Crippen molar-refractivity contribution in [2.24, 2.45) is 5.92 Å². The first-order chi connectivity index (χ1) is 19.4. The Bertz CT molecular complexity index is 1680. The van der Waals surface area contributed by atoms with Crippen LogP contribution in [-0.4, -0.2) is 39.6 Å². The van der Waals surface area contributed by atoms with Crippen LogP contribution >= 0.6 is 23.1 Å². The van der Waals surface area contributed by atoms with Crippen LogP contribution in [-0.2, 0) is 20.9 Å². The number of aryl methyl sites for hydroxylation is 1. The molecule has 4 aromatic rings. The van der Waals surface area contributed by atoms with Crippen LogP contribution in [0.15, 0.2) is 82.9 Å². The maximum atomic E-state index is 13.9. The number of carbonyl (C=O) groups excluding carboxylic acids is 3. The van der Waals surface area contributed by atoms with Crippen molar-refractivity contribution in [1.29, 1.82) is 0 Å². The molecule has 0 aliphatic carbocycles. The molecule has 2 aromatic carbocycles. The van der Waals surface area contributed by atoms with E-state index in [9.17, 15) is 19.2 Å². The predicted octanol–water partition coefficient (Wildman–Crippen LogP) is 4.06. The van der Waals surface area contributed by atoms with E-state index in [-0.39, 0.29) is 29.1 Å². The normalized spacial score (nSPS) is 19.8. The summed E-state index contributed by atoms with van der Waals surface area (Å²) in [4.78, 5) is 59.8. The number of pyridine rings is 1. The summed E-state index contributed by atoms with van der Waals surface area (Å²) in [6, 6.07) is 17.8. The van der Waals surface area contributed by atoms with E-state index in [4.69, 9.17) is 4.74 Å². The molecule has 9 nitrogen and oxygen atoms in total. The zero-order valence-corrected chi connectivity index (χ0v) is 23.2. The number of carbonyl (C=O) groups is 3. The number of thiazole rings is 1. The highest BCUT2D eigenvalue weighted by molar-refractivity contribution is 8.00. The third kappa shape index (κ3) is 4.40. The number of para-hydroxylation sites is 1. The molecule has 2 aliphatic rings. The van der Waals surface area contributed by atoms with Crippen LogP contribution in [0.25, 0.3) is 0 Å². The standard InChI is InChI=1S/C29H24N4O5S2/c1-16-6-3-4-8-20(16)31-21(34)15-32-28-25(40-29(32)37)22(17-7-5-13-30-14-17)23-24(39-28)27(36)33(26(23)35)18-9-11-19(38-2)12-10-18/h3-14,22-24H,15H2,1-2H3,(H,31,34)/t22-,23?,24?/m1/s1. The summed E-state index contributed by atoms with van der Waals surface area (Å²) >= 11 is 2.18. The van der Waals surface area contributed by atoms with E-state index in [0.717, 1.165) is 22.5 Å². The van der Waals surface area contributed by atoms with E-state index in [1.807, 2.05) is 31.2 Å². The molecule has 1 fully saturated rings. The number of imide groups is 1. The van der Waals surface area contributed by atoms with Gasteiger partial charge in [-0.25, -0.2) is 4.90 Å². The molecule has 3 amide bonds. The van der Waals surface area contributed by atoms with Gasteiger partial charge >= 0.3 is 4.87 Å². The number of aromatic nitrogens is 2. The SMILES string of the molecule is COc1ccc(N2C(=O)C3Sc4c(sc(=O)n4CC(=O)Nc4ccccc4C)[C@H](c4cccnc4)C3C2=O)cc1. The highest BCUT2D eigenvalue weighted by Crippen LogP contribution is 2.53. The average Bonchev–Trinajstić information content (AvgIpc) is 3.41. The smallest absolute Gasteiger partial charge is 0.308 e. The lowest BCUT2D eigenvalue weighted by Gasteiger charge is -2.30. The molecule has 0 saturated carbocycles. The number of thioether (sulfide) groups is 1. The van der Waals surface area contributed by atoms with Gasteiger partial charge < -0.3 is 10.1 Å². The summed E-state index contributed by atoms with van der Waals surface area (Å²) in [5, 5.41) is 2.63. The Balaban J connectivity index is 1.39. The maximum Gasteiger partial charge on any atom is 0.308 e. The van der Waals surface area contributed by atoms with Crippen molar-refractivity contribution in [3.63, 3.8) is 0 Å². The van der Waals surface area contributed by atoms with Gasteiger partial charge in [-0.3, -0.25) is 28.7 Å². The first-order valence-corrected chi connectivity index (χ1v) is 14.2. The number of ether oxygens (including phenoxy) is 1. The predicted molar refractivity (Wildman–Crippen MR) is 153 cm³/mol. The summed E-state index contributed by atoms with van der Waals surface area (Å²) in [6.45, 7) is 1.67. The number of nitrogens with zero attached hydrogens (tertiary/aromatic N) is 3. The fourth-order valence-electron chi connectivity index (χ4n) is 5.21. The van der Waals surface area contributed by atoms with Crippen molar-refractivity contribution in [3.8, 4) is 5.75 Å². The van der Waals surface area contributed by atoms with Gasteiger partial charge in [0.25, 0.3) is 0 Å². The lowest BCUT2D eigenvalue weighted by atomic mass is 9.84. The van der Waals surface area contributed by atoms with Gasteiger partial charge in [-0.15, -0.1) is 0 Å². The molecule has 6 rings (SSSR count). The molecule has 202 valence electrons. The first kappa shape index (κ1) is 26.0. The van der Waals surface area contributed by atoms with Gasteiger partial charge in [0.1, 0.15) is 17.5 Å². The van der Waals surface area contributed by atoms with Crippen LogP contribution in [0.2, 0.25) is 0 Å². The third-order valence-corrected chi connectivity index (χ3v) is 9.75. The molecule has 1 saturated heterocycles. The molecule has 4 heterocycles. The van der Waals surface area contributed by atoms with E-state index in [1.165, 1.54) is 21.2 Å². The molecule has 2 aliphatic heterocycles. The monoisotopic (exact) mass is 572 g/mol. The van der Waals surface area contributed by atoms with Gasteiger partial charge in [-0.2, -0.15) is 0 Å². The van der Waals surface area contributed by atoms with Gasteiger partial charge in [0.05, 0.1) is 23.7 Å². The van der Waals surface area contributed by atoms with Gasteiger partial charge in [0.15, 0.2) is 0 Å². The summed E-state index contributed by atoms with van der Waals surface area (Å²) in [5.74, 6) is -1.74. The lowest BCUT2D eigenvalue weighted by molar-refractivity contribution is -0.122.